The highest BCUT2D eigenvalue weighted by molar-refractivity contribution is 7.99. The second-order valence-electron chi connectivity index (χ2n) is 16.6. The fraction of sp³-hybridized carbons (Fsp3) is 0.0167. The number of rotatable bonds is 5. The Morgan fingerprint density at radius 2 is 0.891 bits per heavy atom. The first-order valence-corrected chi connectivity index (χ1v) is 22.6. The highest BCUT2D eigenvalue weighted by Crippen LogP contribution is 2.63. The van der Waals surface area contributed by atoms with Gasteiger partial charge in [-0.2, -0.15) is 0 Å². The molecule has 298 valence electrons. The van der Waals surface area contributed by atoms with Gasteiger partial charge in [-0.25, -0.2) is 15.0 Å². The zero-order chi connectivity index (χ0) is 42.2. The van der Waals surface area contributed by atoms with E-state index >= 15 is 0 Å². The predicted octanol–water partition coefficient (Wildman–Crippen LogP) is 15.3. The van der Waals surface area contributed by atoms with Crippen molar-refractivity contribution in [1.82, 2.24) is 15.0 Å². The minimum Gasteiger partial charge on any atom is -0.247 e. The molecule has 2 aliphatic rings. The smallest absolute Gasteiger partial charge is 0.160 e. The van der Waals surface area contributed by atoms with Gasteiger partial charge in [0.15, 0.2) is 5.82 Å². The number of hydrogen-bond acceptors (Lipinski definition) is 4. The van der Waals surface area contributed by atoms with E-state index in [0.717, 1.165) is 66.8 Å². The summed E-state index contributed by atoms with van der Waals surface area (Å²) in [6, 6.07) is 80.8. The second kappa shape index (κ2) is 14.6. The number of pyridine rings is 1. The van der Waals surface area contributed by atoms with Crippen LogP contribution >= 0.6 is 11.8 Å². The van der Waals surface area contributed by atoms with Crippen LogP contribution in [0.25, 0.3) is 89.1 Å². The first-order chi connectivity index (χ1) is 31.7. The van der Waals surface area contributed by atoms with Crippen LogP contribution in [-0.2, 0) is 5.41 Å². The molecule has 13 rings (SSSR count). The summed E-state index contributed by atoms with van der Waals surface area (Å²) in [5, 5.41) is 3.53. The minimum absolute atomic E-state index is 0.469. The maximum atomic E-state index is 5.56. The Balaban J connectivity index is 1.04. The molecule has 0 radical (unpaired) electrons. The van der Waals surface area contributed by atoms with Gasteiger partial charge in [0.05, 0.1) is 28.0 Å². The molecular formula is C60H37N3S. The highest BCUT2D eigenvalue weighted by atomic mass is 32.2. The average molecular weight is 832 g/mol. The zero-order valence-corrected chi connectivity index (χ0v) is 35.4. The van der Waals surface area contributed by atoms with Gasteiger partial charge in [0.1, 0.15) is 0 Å². The molecule has 1 aliphatic carbocycles. The largest absolute Gasteiger partial charge is 0.247 e. The molecule has 0 atom stereocenters. The average Bonchev–Trinajstić information content (AvgIpc) is 3.67. The van der Waals surface area contributed by atoms with Crippen LogP contribution in [0, 0.1) is 0 Å². The molecule has 2 aromatic heterocycles. The summed E-state index contributed by atoms with van der Waals surface area (Å²) in [6.07, 6.45) is 0. The van der Waals surface area contributed by atoms with Gasteiger partial charge < -0.3 is 0 Å². The van der Waals surface area contributed by atoms with Crippen molar-refractivity contribution in [3.63, 3.8) is 0 Å². The summed E-state index contributed by atoms with van der Waals surface area (Å²) in [6.45, 7) is 0. The number of hydrogen-bond donors (Lipinski definition) is 0. The Hall–Kier alpha value is -7.92. The van der Waals surface area contributed by atoms with Gasteiger partial charge in [-0.3, -0.25) is 0 Å². The van der Waals surface area contributed by atoms with Crippen LogP contribution in [0.4, 0.5) is 0 Å². The molecule has 0 N–H and O–H groups in total. The van der Waals surface area contributed by atoms with E-state index < -0.39 is 5.41 Å². The van der Waals surface area contributed by atoms with Crippen LogP contribution < -0.4 is 0 Å². The standard InChI is InChI=1S/C60H37N3S/c1-4-17-38(18-5-1)51-37-52(63-59(62-51)40-21-8-3-9-22-40)43-24-16-23-41(35-43)42-31-32-45-53(36-42)61-58(39-19-6-2-7-20-39)46-33-34-50-57(56(45)46)44-25-10-11-26-47(44)60(50)48-27-12-14-29-54(48)64-55-30-15-13-28-49(55)60/h1-37H. The Morgan fingerprint density at radius 3 is 1.61 bits per heavy atom. The van der Waals surface area contributed by atoms with E-state index in [9.17, 15) is 0 Å². The van der Waals surface area contributed by atoms with Crippen LogP contribution in [0.15, 0.2) is 234 Å². The first kappa shape index (κ1) is 36.7. The molecule has 3 heterocycles. The maximum absolute atomic E-state index is 5.56. The Labute approximate surface area is 375 Å². The molecule has 64 heavy (non-hydrogen) atoms. The fourth-order valence-corrected chi connectivity index (χ4v) is 11.6. The second-order valence-corrected chi connectivity index (χ2v) is 17.7. The van der Waals surface area contributed by atoms with Crippen LogP contribution in [0.5, 0.6) is 0 Å². The Bertz CT molecular complexity index is 3540. The summed E-state index contributed by atoms with van der Waals surface area (Å²) in [7, 11) is 0. The van der Waals surface area contributed by atoms with Gasteiger partial charge in [-0.1, -0.05) is 206 Å². The van der Waals surface area contributed by atoms with Gasteiger partial charge in [0.2, 0.25) is 0 Å². The van der Waals surface area contributed by atoms with Gasteiger partial charge in [-0.15, -0.1) is 0 Å². The molecule has 0 fully saturated rings. The van der Waals surface area contributed by atoms with Crippen molar-refractivity contribution < 1.29 is 0 Å². The lowest BCUT2D eigenvalue weighted by Crippen LogP contribution is -2.31. The van der Waals surface area contributed by atoms with E-state index in [2.05, 4.69) is 200 Å². The SMILES string of the molecule is c1ccc(-c2cc(-c3cccc(-c4ccc5c(c4)nc(-c4ccccc4)c4ccc6c(c45)-c4ccccc4C64c5ccccc5Sc5ccccc54)c3)nc(-c3ccccc3)n2)cc1. The molecule has 0 saturated heterocycles. The molecule has 0 amide bonds. The lowest BCUT2D eigenvalue weighted by atomic mass is 9.67. The number of fused-ring (bicyclic) bond motifs is 13. The number of nitrogens with zero attached hydrogens (tertiary/aromatic N) is 3. The molecule has 0 unspecified atom stereocenters. The van der Waals surface area contributed by atoms with Crippen molar-refractivity contribution in [3.8, 4) is 67.4 Å². The van der Waals surface area contributed by atoms with E-state index in [1.807, 2.05) is 36.0 Å². The highest BCUT2D eigenvalue weighted by Gasteiger charge is 2.50. The maximum Gasteiger partial charge on any atom is 0.160 e. The zero-order valence-electron chi connectivity index (χ0n) is 34.6. The normalized spacial score (nSPS) is 13.1. The molecule has 0 saturated carbocycles. The molecule has 11 aromatic rings. The summed E-state index contributed by atoms with van der Waals surface area (Å²) in [5.41, 5.74) is 17.5. The van der Waals surface area contributed by atoms with Crippen molar-refractivity contribution in [1.29, 1.82) is 0 Å². The van der Waals surface area contributed by atoms with Gasteiger partial charge >= 0.3 is 0 Å². The molecule has 4 heteroatoms. The van der Waals surface area contributed by atoms with Gasteiger partial charge in [0, 0.05) is 48.2 Å². The molecular weight excluding hydrogens is 795 g/mol. The molecule has 1 aliphatic heterocycles. The van der Waals surface area contributed by atoms with Gasteiger partial charge in [-0.05, 0) is 74.8 Å². The Kier molecular flexibility index (Phi) is 8.37. The van der Waals surface area contributed by atoms with Crippen molar-refractivity contribution in [3.05, 3.63) is 247 Å². The van der Waals surface area contributed by atoms with E-state index in [-0.39, 0.29) is 0 Å². The van der Waals surface area contributed by atoms with Crippen LogP contribution in [0.1, 0.15) is 22.3 Å². The van der Waals surface area contributed by atoms with E-state index in [1.165, 1.54) is 48.6 Å². The van der Waals surface area contributed by atoms with E-state index in [4.69, 9.17) is 15.0 Å². The minimum atomic E-state index is -0.469. The lowest BCUT2D eigenvalue weighted by molar-refractivity contribution is 0.723. The fourth-order valence-electron chi connectivity index (χ4n) is 10.4. The molecule has 0 bridgehead atoms. The number of benzene rings is 9. The lowest BCUT2D eigenvalue weighted by Gasteiger charge is -2.39. The van der Waals surface area contributed by atoms with Crippen LogP contribution in [0.3, 0.4) is 0 Å². The first-order valence-electron chi connectivity index (χ1n) is 21.8. The Morgan fingerprint density at radius 1 is 0.344 bits per heavy atom. The predicted molar refractivity (Wildman–Crippen MR) is 263 cm³/mol. The summed E-state index contributed by atoms with van der Waals surface area (Å²) in [4.78, 5) is 18.4. The topological polar surface area (TPSA) is 38.7 Å². The van der Waals surface area contributed by atoms with Gasteiger partial charge in [0.25, 0.3) is 0 Å². The van der Waals surface area contributed by atoms with Crippen LogP contribution in [0.2, 0.25) is 0 Å². The quantitative estimate of drug-likeness (QED) is 0.162. The summed E-state index contributed by atoms with van der Waals surface area (Å²) >= 11 is 1.88. The summed E-state index contributed by atoms with van der Waals surface area (Å²) in [5.74, 6) is 0.701. The molecule has 9 aromatic carbocycles. The third kappa shape index (κ3) is 5.59. The van der Waals surface area contributed by atoms with Crippen LogP contribution in [-0.4, -0.2) is 15.0 Å². The number of aromatic nitrogens is 3. The third-order valence-electron chi connectivity index (χ3n) is 13.1. The summed E-state index contributed by atoms with van der Waals surface area (Å²) < 4.78 is 0. The van der Waals surface area contributed by atoms with Crippen molar-refractivity contribution in [2.45, 2.75) is 15.2 Å². The van der Waals surface area contributed by atoms with E-state index in [0.29, 0.717) is 5.82 Å². The van der Waals surface area contributed by atoms with Crippen molar-refractivity contribution >= 4 is 33.4 Å². The monoisotopic (exact) mass is 831 g/mol. The van der Waals surface area contributed by atoms with E-state index in [1.54, 1.807) is 0 Å². The van der Waals surface area contributed by atoms with Crippen molar-refractivity contribution in [2.75, 3.05) is 0 Å². The molecule has 3 nitrogen and oxygen atoms in total. The third-order valence-corrected chi connectivity index (χ3v) is 14.3. The molecule has 1 spiro atoms. The van der Waals surface area contributed by atoms with Crippen molar-refractivity contribution in [2.24, 2.45) is 0 Å².